The number of carbonyl (C=O) groups excluding carboxylic acids is 1. The number of anilines is 2. The molecule has 0 unspecified atom stereocenters. The van der Waals surface area contributed by atoms with E-state index < -0.39 is 5.97 Å². The second-order valence-corrected chi connectivity index (χ2v) is 7.01. The van der Waals surface area contributed by atoms with Crippen LogP contribution < -0.4 is 10.9 Å². The summed E-state index contributed by atoms with van der Waals surface area (Å²) in [6, 6.07) is 10.6. The van der Waals surface area contributed by atoms with Crippen molar-refractivity contribution in [3.8, 4) is 0 Å². The van der Waals surface area contributed by atoms with E-state index >= 15 is 0 Å². The van der Waals surface area contributed by atoms with E-state index in [9.17, 15) is 9.59 Å². The predicted octanol–water partition coefficient (Wildman–Crippen LogP) is 3.75. The number of hydrogen-bond donors (Lipinski definition) is 1. The van der Waals surface area contributed by atoms with E-state index in [0.29, 0.717) is 22.8 Å². The summed E-state index contributed by atoms with van der Waals surface area (Å²) in [7, 11) is 1.34. The highest BCUT2D eigenvalue weighted by Gasteiger charge is 2.21. The maximum absolute atomic E-state index is 12.6. The number of nitrogens with one attached hydrogen (secondary N) is 1. The van der Waals surface area contributed by atoms with Gasteiger partial charge in [-0.05, 0) is 38.0 Å². The summed E-state index contributed by atoms with van der Waals surface area (Å²) in [4.78, 5) is 33.8. The van der Waals surface area contributed by atoms with Gasteiger partial charge in [0.05, 0.1) is 24.1 Å². The first-order valence-corrected chi connectivity index (χ1v) is 9.42. The summed E-state index contributed by atoms with van der Waals surface area (Å²) < 4.78 is 6.65. The largest absolute Gasteiger partial charge is 0.465 e. The molecule has 144 valence electrons. The van der Waals surface area contributed by atoms with Crippen molar-refractivity contribution in [3.63, 3.8) is 0 Å². The highest BCUT2D eigenvalue weighted by atomic mass is 16.5. The molecule has 0 aliphatic heterocycles. The predicted molar refractivity (Wildman–Crippen MR) is 107 cm³/mol. The van der Waals surface area contributed by atoms with E-state index in [-0.39, 0.29) is 11.6 Å². The Kier molecular flexibility index (Phi) is 4.81. The second-order valence-electron chi connectivity index (χ2n) is 7.01. The Morgan fingerprint density at radius 2 is 1.89 bits per heavy atom. The number of ether oxygens (including phenoxy) is 1. The lowest BCUT2D eigenvalue weighted by atomic mass is 10.2. The maximum atomic E-state index is 12.6. The van der Waals surface area contributed by atoms with Crippen molar-refractivity contribution < 1.29 is 9.53 Å². The van der Waals surface area contributed by atoms with Gasteiger partial charge in [-0.25, -0.2) is 9.78 Å². The van der Waals surface area contributed by atoms with E-state index in [1.165, 1.54) is 7.11 Å². The molecule has 0 radical (unpaired) electrons. The number of aromatic nitrogens is 3. The summed E-state index contributed by atoms with van der Waals surface area (Å²) >= 11 is 0. The molecule has 1 aromatic carbocycles. The molecule has 1 N–H and O–H groups in total. The number of nitrogens with zero attached hydrogens (tertiary/aromatic N) is 3. The van der Waals surface area contributed by atoms with Crippen molar-refractivity contribution >= 4 is 28.6 Å². The van der Waals surface area contributed by atoms with Gasteiger partial charge < -0.3 is 10.1 Å². The Morgan fingerprint density at radius 3 is 2.64 bits per heavy atom. The molecular formula is C21H22N4O3. The molecule has 0 atom stereocenters. The van der Waals surface area contributed by atoms with Gasteiger partial charge in [-0.3, -0.25) is 9.36 Å². The van der Waals surface area contributed by atoms with Crippen LogP contribution in [0.25, 0.3) is 11.0 Å². The van der Waals surface area contributed by atoms with Crippen molar-refractivity contribution in [1.82, 2.24) is 14.5 Å². The fourth-order valence-electron chi connectivity index (χ4n) is 3.86. The topological polar surface area (TPSA) is 86.1 Å². The Labute approximate surface area is 162 Å². The van der Waals surface area contributed by atoms with Crippen molar-refractivity contribution in [1.29, 1.82) is 0 Å². The number of rotatable bonds is 4. The van der Waals surface area contributed by atoms with E-state index in [2.05, 4.69) is 15.3 Å². The van der Waals surface area contributed by atoms with Crippen LogP contribution in [-0.2, 0) is 4.74 Å². The highest BCUT2D eigenvalue weighted by molar-refractivity contribution is 5.96. The molecule has 0 amide bonds. The minimum atomic E-state index is -0.441. The molecule has 1 aliphatic carbocycles. The normalized spacial score (nSPS) is 14.4. The van der Waals surface area contributed by atoms with Crippen LogP contribution in [0.4, 0.5) is 11.6 Å². The number of aryl methyl sites for hydroxylation is 1. The molecule has 0 bridgehead atoms. The lowest BCUT2D eigenvalue weighted by molar-refractivity contribution is 0.0602. The number of pyridine rings is 1. The lowest BCUT2D eigenvalue weighted by Gasteiger charge is -2.17. The molecule has 1 fully saturated rings. The third kappa shape index (κ3) is 3.24. The summed E-state index contributed by atoms with van der Waals surface area (Å²) in [6.45, 7) is 1.89. The SMILES string of the molecule is COC(=O)c1ccccc1Nc1nc(C)c2ccc(=O)n(C3CCCC3)c2n1. The van der Waals surface area contributed by atoms with Gasteiger partial charge in [0.25, 0.3) is 5.56 Å². The minimum Gasteiger partial charge on any atom is -0.465 e. The van der Waals surface area contributed by atoms with Crippen LogP contribution in [0.5, 0.6) is 0 Å². The molecule has 7 heteroatoms. The molecule has 0 saturated heterocycles. The molecule has 2 aromatic heterocycles. The van der Waals surface area contributed by atoms with Gasteiger partial charge in [-0.15, -0.1) is 0 Å². The summed E-state index contributed by atoms with van der Waals surface area (Å²) in [5, 5.41) is 3.98. The van der Waals surface area contributed by atoms with Gasteiger partial charge in [-0.1, -0.05) is 25.0 Å². The molecule has 1 aliphatic rings. The highest BCUT2D eigenvalue weighted by Crippen LogP contribution is 2.31. The number of hydrogen-bond acceptors (Lipinski definition) is 6. The average molecular weight is 378 g/mol. The number of fused-ring (bicyclic) bond motifs is 1. The Morgan fingerprint density at radius 1 is 1.14 bits per heavy atom. The molecule has 2 heterocycles. The molecule has 7 nitrogen and oxygen atoms in total. The van der Waals surface area contributed by atoms with Crippen molar-refractivity contribution in [2.45, 2.75) is 38.6 Å². The molecule has 28 heavy (non-hydrogen) atoms. The summed E-state index contributed by atoms with van der Waals surface area (Å²) in [5.74, 6) is -0.0952. The van der Waals surface area contributed by atoms with Crippen LogP contribution in [0.3, 0.4) is 0 Å². The molecule has 4 rings (SSSR count). The van der Waals surface area contributed by atoms with Crippen molar-refractivity contribution in [2.24, 2.45) is 0 Å². The van der Waals surface area contributed by atoms with Crippen LogP contribution in [0.2, 0.25) is 0 Å². The zero-order valence-corrected chi connectivity index (χ0v) is 15.9. The smallest absolute Gasteiger partial charge is 0.339 e. The maximum Gasteiger partial charge on any atom is 0.339 e. The number of carbonyl (C=O) groups is 1. The quantitative estimate of drug-likeness (QED) is 0.696. The van der Waals surface area contributed by atoms with Crippen LogP contribution in [-0.4, -0.2) is 27.6 Å². The van der Waals surface area contributed by atoms with Crippen molar-refractivity contribution in [3.05, 3.63) is 58.0 Å². The first-order valence-electron chi connectivity index (χ1n) is 9.42. The number of benzene rings is 1. The zero-order chi connectivity index (χ0) is 19.7. The number of para-hydroxylation sites is 1. The minimum absolute atomic E-state index is 0.0431. The first-order chi connectivity index (χ1) is 13.6. The van der Waals surface area contributed by atoms with Gasteiger partial charge in [0.15, 0.2) is 0 Å². The van der Waals surface area contributed by atoms with E-state index in [0.717, 1.165) is 36.8 Å². The summed E-state index contributed by atoms with van der Waals surface area (Å²) in [5.41, 5.74) is 2.31. The zero-order valence-electron chi connectivity index (χ0n) is 15.9. The Balaban J connectivity index is 1.83. The van der Waals surface area contributed by atoms with Gasteiger partial charge in [0.2, 0.25) is 5.95 Å². The Hall–Kier alpha value is -3.22. The average Bonchev–Trinajstić information content (AvgIpc) is 3.22. The third-order valence-corrected chi connectivity index (χ3v) is 5.24. The van der Waals surface area contributed by atoms with Gasteiger partial charge in [-0.2, -0.15) is 4.98 Å². The Bertz CT molecular complexity index is 1100. The van der Waals surface area contributed by atoms with Crippen molar-refractivity contribution in [2.75, 3.05) is 12.4 Å². The fourth-order valence-corrected chi connectivity index (χ4v) is 3.86. The molecule has 0 spiro atoms. The first kappa shape index (κ1) is 18.2. The van der Waals surface area contributed by atoms with Crippen LogP contribution >= 0.6 is 0 Å². The third-order valence-electron chi connectivity index (χ3n) is 5.24. The monoisotopic (exact) mass is 378 g/mol. The van der Waals surface area contributed by atoms with E-state index in [1.54, 1.807) is 34.9 Å². The van der Waals surface area contributed by atoms with E-state index in [1.807, 2.05) is 13.0 Å². The van der Waals surface area contributed by atoms with Gasteiger partial charge >= 0.3 is 5.97 Å². The van der Waals surface area contributed by atoms with Crippen LogP contribution in [0, 0.1) is 6.92 Å². The molecule has 3 aromatic rings. The van der Waals surface area contributed by atoms with Crippen LogP contribution in [0.1, 0.15) is 47.8 Å². The van der Waals surface area contributed by atoms with E-state index in [4.69, 9.17) is 4.74 Å². The summed E-state index contributed by atoms with van der Waals surface area (Å²) in [6.07, 6.45) is 4.20. The standard InChI is InChI=1S/C21H22N4O3/c1-13-15-11-12-18(26)25(14-7-3-4-8-14)19(15)24-21(22-13)23-17-10-6-5-9-16(17)20(27)28-2/h5-6,9-12,14H,3-4,7-8H2,1-2H3,(H,22,23,24). The second kappa shape index (κ2) is 7.42. The van der Waals surface area contributed by atoms with Gasteiger partial charge in [0.1, 0.15) is 5.65 Å². The number of esters is 1. The lowest BCUT2D eigenvalue weighted by Crippen LogP contribution is -2.24. The number of methoxy groups -OCH3 is 1. The van der Waals surface area contributed by atoms with Gasteiger partial charge in [0, 0.05) is 17.5 Å². The molecule has 1 saturated carbocycles. The van der Waals surface area contributed by atoms with Crippen LogP contribution in [0.15, 0.2) is 41.2 Å². The fraction of sp³-hybridized carbons (Fsp3) is 0.333. The molecular weight excluding hydrogens is 356 g/mol.